The summed E-state index contributed by atoms with van der Waals surface area (Å²) in [5, 5.41) is 7.06. The van der Waals surface area contributed by atoms with Gasteiger partial charge in [0.05, 0.1) is 0 Å². The third kappa shape index (κ3) is 5.54. The van der Waals surface area contributed by atoms with Crippen LogP contribution in [0.4, 0.5) is 11.4 Å². The molecule has 160 valence electrons. The zero-order chi connectivity index (χ0) is 22.3. The molecule has 1 aromatic heterocycles. The van der Waals surface area contributed by atoms with Gasteiger partial charge in [0, 0.05) is 46.8 Å². The van der Waals surface area contributed by atoms with E-state index >= 15 is 0 Å². The minimum absolute atomic E-state index is 0.147. The lowest BCUT2D eigenvalue weighted by Crippen LogP contribution is -2.13. The van der Waals surface area contributed by atoms with Crippen LogP contribution in [0, 0.1) is 6.92 Å². The molecule has 0 radical (unpaired) electrons. The van der Waals surface area contributed by atoms with Crippen LogP contribution in [0.3, 0.4) is 0 Å². The normalized spacial score (nSPS) is 10.6. The summed E-state index contributed by atoms with van der Waals surface area (Å²) in [6.45, 7) is 2.80. The van der Waals surface area contributed by atoms with Crippen molar-refractivity contribution in [2.75, 3.05) is 17.2 Å². The number of hydrogen-bond donors (Lipinski definition) is 2. The first-order valence-corrected chi connectivity index (χ1v) is 10.9. The van der Waals surface area contributed by atoms with Gasteiger partial charge in [-0.05, 0) is 72.6 Å². The molecule has 4 aromatic rings. The molecule has 4 nitrogen and oxygen atoms in total. The summed E-state index contributed by atoms with van der Waals surface area (Å²) in [4.78, 5) is 17.4. The Bertz CT molecular complexity index is 1190. The molecule has 0 unspecified atom stereocenters. The lowest BCUT2D eigenvalue weighted by molar-refractivity contribution is 0.102. The number of amides is 1. The number of anilines is 2. The minimum atomic E-state index is -0.147. The van der Waals surface area contributed by atoms with Gasteiger partial charge in [-0.3, -0.25) is 9.78 Å². The average Bonchev–Trinajstić information content (AvgIpc) is 2.81. The number of rotatable bonds is 7. The van der Waals surface area contributed by atoms with Gasteiger partial charge in [-0.25, -0.2) is 0 Å². The fourth-order valence-electron chi connectivity index (χ4n) is 3.48. The molecule has 0 aliphatic carbocycles. The standard InChI is InChI=1S/C27H24ClN3O/c1-19-5-14-25(26(18-19)20-6-8-21(28)9-7-20)27(32)31-24-12-10-23(11-13-24)30-17-15-22-4-2-3-16-29-22/h2-14,16,18,30H,15,17H2,1H3,(H,31,32). The van der Waals surface area contributed by atoms with Gasteiger partial charge in [0.15, 0.2) is 0 Å². The van der Waals surface area contributed by atoms with Crippen LogP contribution in [-0.4, -0.2) is 17.4 Å². The summed E-state index contributed by atoms with van der Waals surface area (Å²) >= 11 is 6.03. The van der Waals surface area contributed by atoms with Crippen molar-refractivity contribution in [2.24, 2.45) is 0 Å². The summed E-state index contributed by atoms with van der Waals surface area (Å²) in [6.07, 6.45) is 2.65. The van der Waals surface area contributed by atoms with Crippen molar-refractivity contribution < 1.29 is 4.79 Å². The maximum atomic E-state index is 13.0. The molecule has 1 heterocycles. The Hall–Kier alpha value is -3.63. The second-order valence-electron chi connectivity index (χ2n) is 7.59. The lowest BCUT2D eigenvalue weighted by Gasteiger charge is -2.12. The molecule has 0 saturated heterocycles. The molecule has 32 heavy (non-hydrogen) atoms. The summed E-state index contributed by atoms with van der Waals surface area (Å²) in [5.74, 6) is -0.147. The smallest absolute Gasteiger partial charge is 0.256 e. The van der Waals surface area contributed by atoms with Crippen LogP contribution in [-0.2, 0) is 6.42 Å². The number of carbonyl (C=O) groups is 1. The lowest BCUT2D eigenvalue weighted by atomic mass is 9.97. The number of aromatic nitrogens is 1. The highest BCUT2D eigenvalue weighted by molar-refractivity contribution is 6.30. The molecule has 0 fully saturated rings. The zero-order valence-electron chi connectivity index (χ0n) is 17.8. The molecule has 3 aromatic carbocycles. The predicted molar refractivity (Wildman–Crippen MR) is 132 cm³/mol. The highest BCUT2D eigenvalue weighted by atomic mass is 35.5. The van der Waals surface area contributed by atoms with Crippen LogP contribution in [0.2, 0.25) is 5.02 Å². The second kappa shape index (κ2) is 10.1. The Morgan fingerprint density at radius 1 is 0.906 bits per heavy atom. The Kier molecular flexibility index (Phi) is 6.83. The van der Waals surface area contributed by atoms with E-state index in [0.29, 0.717) is 10.6 Å². The number of carbonyl (C=O) groups excluding carboxylic acids is 1. The molecule has 4 rings (SSSR count). The molecule has 0 bridgehead atoms. The summed E-state index contributed by atoms with van der Waals surface area (Å²) in [6, 6.07) is 27.0. The van der Waals surface area contributed by atoms with Crippen molar-refractivity contribution in [1.29, 1.82) is 0 Å². The van der Waals surface area contributed by atoms with E-state index in [9.17, 15) is 4.79 Å². The van der Waals surface area contributed by atoms with Crippen molar-refractivity contribution in [2.45, 2.75) is 13.3 Å². The van der Waals surface area contributed by atoms with Crippen LogP contribution in [0.25, 0.3) is 11.1 Å². The maximum Gasteiger partial charge on any atom is 0.256 e. The first-order chi connectivity index (χ1) is 15.6. The minimum Gasteiger partial charge on any atom is -0.385 e. The molecule has 0 saturated carbocycles. The van der Waals surface area contributed by atoms with E-state index < -0.39 is 0 Å². The number of aryl methyl sites for hydroxylation is 1. The van der Waals surface area contributed by atoms with E-state index in [1.165, 1.54) is 0 Å². The van der Waals surface area contributed by atoms with E-state index in [4.69, 9.17) is 11.6 Å². The largest absolute Gasteiger partial charge is 0.385 e. The fraction of sp³-hybridized carbons (Fsp3) is 0.111. The van der Waals surface area contributed by atoms with E-state index in [1.807, 2.05) is 91.9 Å². The SMILES string of the molecule is Cc1ccc(C(=O)Nc2ccc(NCCc3ccccn3)cc2)c(-c2ccc(Cl)cc2)c1. The quantitative estimate of drug-likeness (QED) is 0.339. The molecule has 0 spiro atoms. The van der Waals surface area contributed by atoms with Crippen molar-refractivity contribution in [1.82, 2.24) is 4.98 Å². The van der Waals surface area contributed by atoms with Gasteiger partial charge in [0.2, 0.25) is 0 Å². The van der Waals surface area contributed by atoms with E-state index in [-0.39, 0.29) is 5.91 Å². The first kappa shape index (κ1) is 21.6. The first-order valence-electron chi connectivity index (χ1n) is 10.5. The summed E-state index contributed by atoms with van der Waals surface area (Å²) in [7, 11) is 0. The Morgan fingerprint density at radius 2 is 1.66 bits per heavy atom. The second-order valence-corrected chi connectivity index (χ2v) is 8.02. The summed E-state index contributed by atoms with van der Waals surface area (Å²) in [5.41, 5.74) is 6.34. The van der Waals surface area contributed by atoms with Crippen molar-refractivity contribution >= 4 is 28.9 Å². The number of nitrogens with zero attached hydrogens (tertiary/aromatic N) is 1. The number of pyridine rings is 1. The number of benzene rings is 3. The van der Waals surface area contributed by atoms with Crippen LogP contribution < -0.4 is 10.6 Å². The number of hydrogen-bond acceptors (Lipinski definition) is 3. The van der Waals surface area contributed by atoms with Gasteiger partial charge < -0.3 is 10.6 Å². The van der Waals surface area contributed by atoms with Gasteiger partial charge >= 0.3 is 0 Å². The molecule has 0 aliphatic rings. The molecule has 1 amide bonds. The highest BCUT2D eigenvalue weighted by Gasteiger charge is 2.13. The Morgan fingerprint density at radius 3 is 2.38 bits per heavy atom. The fourth-order valence-corrected chi connectivity index (χ4v) is 3.60. The third-order valence-electron chi connectivity index (χ3n) is 5.15. The van der Waals surface area contributed by atoms with E-state index in [2.05, 4.69) is 15.6 Å². The van der Waals surface area contributed by atoms with Gasteiger partial charge in [-0.2, -0.15) is 0 Å². The van der Waals surface area contributed by atoms with Crippen LogP contribution >= 0.6 is 11.6 Å². The average molecular weight is 442 g/mol. The number of halogens is 1. The van der Waals surface area contributed by atoms with Crippen LogP contribution in [0.15, 0.2) is 91.1 Å². The maximum absolute atomic E-state index is 13.0. The van der Waals surface area contributed by atoms with Gasteiger partial charge in [0.25, 0.3) is 5.91 Å². The molecule has 2 N–H and O–H groups in total. The molecule has 0 aliphatic heterocycles. The van der Waals surface area contributed by atoms with Crippen LogP contribution in [0.1, 0.15) is 21.6 Å². The van der Waals surface area contributed by atoms with Crippen molar-refractivity contribution in [3.8, 4) is 11.1 Å². The monoisotopic (exact) mass is 441 g/mol. The zero-order valence-corrected chi connectivity index (χ0v) is 18.6. The molecular weight excluding hydrogens is 418 g/mol. The Labute approximate surface area is 193 Å². The number of nitrogens with one attached hydrogen (secondary N) is 2. The van der Waals surface area contributed by atoms with Gasteiger partial charge in [-0.1, -0.05) is 47.5 Å². The topological polar surface area (TPSA) is 54.0 Å². The molecule has 0 atom stereocenters. The van der Waals surface area contributed by atoms with Crippen molar-refractivity contribution in [3.63, 3.8) is 0 Å². The predicted octanol–water partition coefficient (Wildman–Crippen LogP) is 6.62. The van der Waals surface area contributed by atoms with E-state index in [1.54, 1.807) is 6.20 Å². The van der Waals surface area contributed by atoms with Gasteiger partial charge in [-0.15, -0.1) is 0 Å². The van der Waals surface area contributed by atoms with Gasteiger partial charge in [0.1, 0.15) is 0 Å². The third-order valence-corrected chi connectivity index (χ3v) is 5.41. The Balaban J connectivity index is 1.42. The molecular formula is C27H24ClN3O. The van der Waals surface area contributed by atoms with Crippen molar-refractivity contribution in [3.05, 3.63) is 113 Å². The molecule has 5 heteroatoms. The summed E-state index contributed by atoms with van der Waals surface area (Å²) < 4.78 is 0. The van der Waals surface area contributed by atoms with Crippen LogP contribution in [0.5, 0.6) is 0 Å². The highest BCUT2D eigenvalue weighted by Crippen LogP contribution is 2.27. The van der Waals surface area contributed by atoms with E-state index in [0.717, 1.165) is 46.7 Å².